The molecule has 5 N–H and O–H groups in total. The zero-order chi connectivity index (χ0) is 13.5. The molecular formula is C11H18N4O2S. The number of hydrogen-bond donors (Lipinski definition) is 3. The standard InChI is InChI=1S/C11H18N4O2S/c1-2-3-7-6-9(16)15-11(14-7)18-5-4-8(12)10(13)17/h6,8H,2-5,12H2,1H3,(H2,13,17)(H,14,15,16). The van der Waals surface area contributed by atoms with Gasteiger partial charge in [-0.3, -0.25) is 9.59 Å². The highest BCUT2D eigenvalue weighted by molar-refractivity contribution is 7.99. The number of aromatic amines is 1. The molecule has 0 aliphatic carbocycles. The number of primary amides is 1. The summed E-state index contributed by atoms with van der Waals surface area (Å²) in [6, 6.07) is 0.853. The summed E-state index contributed by atoms with van der Waals surface area (Å²) in [6.45, 7) is 2.03. The molecule has 0 aliphatic heterocycles. The molecule has 1 heterocycles. The van der Waals surface area contributed by atoms with Crippen LogP contribution in [0.2, 0.25) is 0 Å². The third-order valence-corrected chi connectivity index (χ3v) is 3.22. The number of aryl methyl sites for hydroxylation is 1. The summed E-state index contributed by atoms with van der Waals surface area (Å²) in [5.41, 5.74) is 11.2. The lowest BCUT2D eigenvalue weighted by atomic mass is 10.2. The molecule has 7 heteroatoms. The minimum atomic E-state index is -0.650. The number of aromatic nitrogens is 2. The van der Waals surface area contributed by atoms with E-state index in [4.69, 9.17) is 11.5 Å². The third kappa shape index (κ3) is 4.89. The smallest absolute Gasteiger partial charge is 0.251 e. The van der Waals surface area contributed by atoms with Crippen LogP contribution in [-0.2, 0) is 11.2 Å². The first-order valence-corrected chi connectivity index (χ1v) is 6.79. The number of carbonyl (C=O) groups excluding carboxylic acids is 1. The van der Waals surface area contributed by atoms with Gasteiger partial charge in [0, 0.05) is 17.5 Å². The Kier molecular flexibility index (Phi) is 5.87. The van der Waals surface area contributed by atoms with Crippen LogP contribution in [-0.4, -0.2) is 27.7 Å². The first-order chi connectivity index (χ1) is 8.52. The number of nitrogens with one attached hydrogen (secondary N) is 1. The number of carbonyl (C=O) groups is 1. The number of amides is 1. The van der Waals surface area contributed by atoms with Crippen molar-refractivity contribution in [2.75, 3.05) is 5.75 Å². The number of hydrogen-bond acceptors (Lipinski definition) is 5. The van der Waals surface area contributed by atoms with E-state index in [9.17, 15) is 9.59 Å². The summed E-state index contributed by atoms with van der Waals surface area (Å²) >= 11 is 1.37. The van der Waals surface area contributed by atoms with Gasteiger partial charge in [-0.05, 0) is 12.8 Å². The van der Waals surface area contributed by atoms with Crippen molar-refractivity contribution in [2.24, 2.45) is 11.5 Å². The fourth-order valence-electron chi connectivity index (χ4n) is 1.36. The van der Waals surface area contributed by atoms with Gasteiger partial charge in [0.05, 0.1) is 6.04 Å². The van der Waals surface area contributed by atoms with Crippen molar-refractivity contribution in [1.29, 1.82) is 0 Å². The molecule has 0 bridgehead atoms. The molecule has 1 rings (SSSR count). The van der Waals surface area contributed by atoms with E-state index < -0.39 is 11.9 Å². The van der Waals surface area contributed by atoms with Crippen molar-refractivity contribution in [2.45, 2.75) is 37.4 Å². The SMILES string of the molecule is CCCc1cc(=O)[nH]c(SCCC(N)C(N)=O)n1. The number of nitrogens with zero attached hydrogens (tertiary/aromatic N) is 1. The summed E-state index contributed by atoms with van der Waals surface area (Å²) < 4.78 is 0. The highest BCUT2D eigenvalue weighted by atomic mass is 32.2. The molecule has 1 aromatic heterocycles. The zero-order valence-electron chi connectivity index (χ0n) is 10.3. The average Bonchev–Trinajstić information content (AvgIpc) is 2.28. The van der Waals surface area contributed by atoms with E-state index in [2.05, 4.69) is 9.97 Å². The van der Waals surface area contributed by atoms with E-state index in [0.717, 1.165) is 18.5 Å². The van der Waals surface area contributed by atoms with Crippen LogP contribution in [0.25, 0.3) is 0 Å². The minimum absolute atomic E-state index is 0.157. The topological polar surface area (TPSA) is 115 Å². The third-order valence-electron chi connectivity index (χ3n) is 2.31. The van der Waals surface area contributed by atoms with E-state index in [1.54, 1.807) is 0 Å². The minimum Gasteiger partial charge on any atom is -0.368 e. The Balaban J connectivity index is 2.56. The Morgan fingerprint density at radius 3 is 2.94 bits per heavy atom. The maximum Gasteiger partial charge on any atom is 0.251 e. The Hall–Kier alpha value is -1.34. The summed E-state index contributed by atoms with van der Waals surface area (Å²) in [5.74, 6) is 0.0691. The van der Waals surface area contributed by atoms with Gasteiger partial charge in [0.1, 0.15) is 0 Å². The van der Waals surface area contributed by atoms with Gasteiger partial charge in [-0.15, -0.1) is 0 Å². The number of thioether (sulfide) groups is 1. The van der Waals surface area contributed by atoms with Gasteiger partial charge in [-0.1, -0.05) is 25.1 Å². The molecule has 1 atom stereocenters. The fraction of sp³-hybridized carbons (Fsp3) is 0.545. The van der Waals surface area contributed by atoms with Crippen LogP contribution in [0.5, 0.6) is 0 Å². The van der Waals surface area contributed by atoms with Crippen LogP contribution >= 0.6 is 11.8 Å². The molecule has 18 heavy (non-hydrogen) atoms. The van der Waals surface area contributed by atoms with E-state index in [0.29, 0.717) is 17.3 Å². The quantitative estimate of drug-likeness (QED) is 0.477. The van der Waals surface area contributed by atoms with Crippen molar-refractivity contribution in [3.8, 4) is 0 Å². The Bertz CT molecular complexity index is 461. The van der Waals surface area contributed by atoms with E-state index in [-0.39, 0.29) is 5.56 Å². The van der Waals surface area contributed by atoms with Crippen LogP contribution in [0, 0.1) is 0 Å². The fourth-order valence-corrected chi connectivity index (χ4v) is 2.28. The number of H-pyrrole nitrogens is 1. The molecule has 1 unspecified atom stereocenters. The predicted molar refractivity (Wildman–Crippen MR) is 71.4 cm³/mol. The molecular weight excluding hydrogens is 252 g/mol. The summed E-state index contributed by atoms with van der Waals surface area (Å²) in [5, 5.41) is 0.558. The molecule has 0 aromatic carbocycles. The lowest BCUT2D eigenvalue weighted by Crippen LogP contribution is -2.36. The molecule has 0 saturated carbocycles. The molecule has 1 aromatic rings. The normalized spacial score (nSPS) is 12.3. The molecule has 1 amide bonds. The Morgan fingerprint density at radius 1 is 1.61 bits per heavy atom. The van der Waals surface area contributed by atoms with Crippen LogP contribution < -0.4 is 17.0 Å². The molecule has 0 fully saturated rings. The number of nitrogens with two attached hydrogens (primary N) is 2. The summed E-state index contributed by atoms with van der Waals surface area (Å²) in [4.78, 5) is 29.1. The largest absolute Gasteiger partial charge is 0.368 e. The van der Waals surface area contributed by atoms with Gasteiger partial charge in [0.15, 0.2) is 5.16 Å². The van der Waals surface area contributed by atoms with Crippen molar-refractivity contribution >= 4 is 17.7 Å². The first kappa shape index (κ1) is 14.7. The van der Waals surface area contributed by atoms with Gasteiger partial charge in [0.2, 0.25) is 5.91 Å². The lowest BCUT2D eigenvalue weighted by molar-refractivity contribution is -0.119. The molecule has 0 radical (unpaired) electrons. The zero-order valence-corrected chi connectivity index (χ0v) is 11.1. The van der Waals surface area contributed by atoms with E-state index in [1.165, 1.54) is 17.8 Å². The second-order valence-corrected chi connectivity index (χ2v) is 5.02. The van der Waals surface area contributed by atoms with Crippen LogP contribution in [0.1, 0.15) is 25.5 Å². The van der Waals surface area contributed by atoms with Gasteiger partial charge < -0.3 is 16.5 Å². The monoisotopic (exact) mass is 270 g/mol. The van der Waals surface area contributed by atoms with Crippen molar-refractivity contribution in [1.82, 2.24) is 9.97 Å². The average molecular weight is 270 g/mol. The predicted octanol–water partition coefficient (Wildman–Crippen LogP) is 0.0172. The van der Waals surface area contributed by atoms with Crippen molar-refractivity contribution < 1.29 is 4.79 Å². The molecule has 6 nitrogen and oxygen atoms in total. The van der Waals surface area contributed by atoms with Crippen LogP contribution in [0.15, 0.2) is 16.0 Å². The first-order valence-electron chi connectivity index (χ1n) is 5.81. The molecule has 0 spiro atoms. The maximum absolute atomic E-state index is 11.4. The maximum atomic E-state index is 11.4. The Labute approximate surface area is 110 Å². The molecule has 0 aliphatic rings. The lowest BCUT2D eigenvalue weighted by Gasteiger charge is -2.06. The Morgan fingerprint density at radius 2 is 2.33 bits per heavy atom. The highest BCUT2D eigenvalue weighted by Gasteiger charge is 2.09. The summed E-state index contributed by atoms with van der Waals surface area (Å²) in [7, 11) is 0. The second-order valence-electron chi connectivity index (χ2n) is 3.94. The molecule has 100 valence electrons. The van der Waals surface area contributed by atoms with Gasteiger partial charge >= 0.3 is 0 Å². The van der Waals surface area contributed by atoms with E-state index >= 15 is 0 Å². The van der Waals surface area contributed by atoms with Crippen molar-refractivity contribution in [3.05, 3.63) is 22.1 Å². The van der Waals surface area contributed by atoms with Gasteiger partial charge in [-0.2, -0.15) is 0 Å². The summed E-state index contributed by atoms with van der Waals surface area (Å²) in [6.07, 6.45) is 2.17. The van der Waals surface area contributed by atoms with Crippen LogP contribution in [0.4, 0.5) is 0 Å². The van der Waals surface area contributed by atoms with Gasteiger partial charge in [0.25, 0.3) is 5.56 Å². The number of rotatable bonds is 7. The van der Waals surface area contributed by atoms with Gasteiger partial charge in [-0.25, -0.2) is 4.98 Å². The van der Waals surface area contributed by atoms with Crippen LogP contribution in [0.3, 0.4) is 0 Å². The molecule has 0 saturated heterocycles. The second kappa shape index (κ2) is 7.17. The van der Waals surface area contributed by atoms with Crippen molar-refractivity contribution in [3.63, 3.8) is 0 Å². The highest BCUT2D eigenvalue weighted by Crippen LogP contribution is 2.13. The van der Waals surface area contributed by atoms with E-state index in [1.807, 2.05) is 6.92 Å².